The van der Waals surface area contributed by atoms with E-state index in [1.165, 1.54) is 60.7 Å². The number of hydrogen-bond acceptors (Lipinski definition) is 19. The zero-order valence-corrected chi connectivity index (χ0v) is 65.2. The lowest BCUT2D eigenvalue weighted by molar-refractivity contribution is -0.137. The highest BCUT2D eigenvalue weighted by Crippen LogP contribution is 2.35. The molecule has 584 valence electrons. The number of aryl methyl sites for hydroxylation is 1. The van der Waals surface area contributed by atoms with Gasteiger partial charge in [0, 0.05) is 176 Å². The van der Waals surface area contributed by atoms with Crippen LogP contribution < -0.4 is 28.9 Å². The Hall–Kier alpha value is -10.4. The quantitative estimate of drug-likeness (QED) is 0.0719. The summed E-state index contributed by atoms with van der Waals surface area (Å²) in [6.07, 6.45) is 4.63. The normalized spacial score (nSPS) is 15.7. The maximum atomic E-state index is 13.4. The number of carbonyl (C=O) groups is 3. The number of thiazole rings is 1. The van der Waals surface area contributed by atoms with Crippen molar-refractivity contribution in [2.75, 3.05) is 101 Å². The molecule has 3 atom stereocenters. The molecule has 6 aromatic heterocycles. The fraction of sp³-hybridized carbons (Fsp3) is 0.270. The molecule has 15 rings (SSSR count). The molecule has 0 aliphatic carbocycles. The minimum Gasteiger partial charge on any atom is -0.368 e. The topological polar surface area (TPSA) is 288 Å². The van der Waals surface area contributed by atoms with Crippen LogP contribution in [0, 0.1) is 6.92 Å². The molecule has 36 heteroatoms. The monoisotopic (exact) mass is 1640 g/mol. The number of amides is 3. The van der Waals surface area contributed by atoms with Crippen molar-refractivity contribution in [1.82, 2.24) is 52.7 Å². The second-order valence-corrected chi connectivity index (χ2v) is 33.9. The molecule has 0 saturated carbocycles. The predicted molar refractivity (Wildman–Crippen MR) is 432 cm³/mol. The van der Waals surface area contributed by atoms with E-state index in [4.69, 9.17) is 23.2 Å². The van der Waals surface area contributed by atoms with Gasteiger partial charge < -0.3 is 43.1 Å². The smallest absolute Gasteiger partial charge is 0.368 e. The zero-order chi connectivity index (χ0) is 77.8. The van der Waals surface area contributed by atoms with Gasteiger partial charge in [-0.2, -0.15) is 17.5 Å². The van der Waals surface area contributed by atoms with Crippen LogP contribution in [0.15, 0.2) is 209 Å². The lowest BCUT2D eigenvalue weighted by atomic mass is 10.1. The van der Waals surface area contributed by atoms with Gasteiger partial charge in [0.1, 0.15) is 37.1 Å². The van der Waals surface area contributed by atoms with Crippen LogP contribution in [0.2, 0.25) is 10.0 Å². The Morgan fingerprint density at radius 2 is 1.16 bits per heavy atom. The number of benzene rings is 6. The maximum absolute atomic E-state index is 13.4. The van der Waals surface area contributed by atoms with E-state index in [0.29, 0.717) is 92.9 Å². The van der Waals surface area contributed by atoms with Gasteiger partial charge in [-0.05, 0) is 167 Å². The molecule has 3 saturated heterocycles. The number of rotatable bonds is 18. The number of para-hydroxylation sites is 1. The first-order valence-corrected chi connectivity index (χ1v) is 41.5. The predicted octanol–water partition coefficient (Wildman–Crippen LogP) is 13.8. The molecule has 3 aliphatic heterocycles. The van der Waals surface area contributed by atoms with E-state index in [1.54, 1.807) is 94.7 Å². The number of hydrogen-bond donors (Lipinski definition) is 3. The summed E-state index contributed by atoms with van der Waals surface area (Å²) in [6, 6.07) is 41.1. The minimum atomic E-state index is -4.47. The highest BCUT2D eigenvalue weighted by Gasteiger charge is 2.34. The molecule has 0 spiro atoms. The third-order valence-electron chi connectivity index (χ3n) is 19.3. The Labute approximate surface area is 658 Å². The van der Waals surface area contributed by atoms with Crippen molar-refractivity contribution in [2.45, 2.75) is 73.2 Å². The average molecular weight is 1640 g/mol. The SMILES string of the molecule is C[C@@H](C(=O)N1CCN(c2ccc(S(=O)(=O)Nc3nccs3)cc2)CC1)n1ccc2ccc(C(F)(F)F)cc21.C[C@H]1CN(c2ccc(S(=O)(=O)Nc3ncns3)cc2)CCN1C(=O)Cn1ccc2cccc(Cl)c21.Cc1cc2cc(Cl)ccc2n1C(C)C(=O)N1CCN(c2ccc(S(=O)(=O)Nc3ccncn3)cc2)CC1.[HH].[HH].[HH].[HH].[HH]. The van der Waals surface area contributed by atoms with Crippen molar-refractivity contribution >= 4 is 160 Å². The summed E-state index contributed by atoms with van der Waals surface area (Å²) in [5, 5.41) is 6.15. The Morgan fingerprint density at radius 1 is 0.582 bits per heavy atom. The molecule has 0 radical (unpaired) electrons. The molecular formula is C74H84Cl2F3N17O9S5. The van der Waals surface area contributed by atoms with E-state index in [9.17, 15) is 52.8 Å². The molecular weight excluding hydrogens is 1560 g/mol. The number of fused-ring (bicyclic) bond motifs is 3. The van der Waals surface area contributed by atoms with Crippen molar-refractivity contribution in [3.05, 3.63) is 216 Å². The summed E-state index contributed by atoms with van der Waals surface area (Å²) in [7, 11) is -11.2. The molecule has 1 unspecified atom stereocenters. The number of carbonyl (C=O) groups excluding carboxylic acids is 3. The minimum absolute atomic E-state index is 0. The fourth-order valence-corrected chi connectivity index (χ4v) is 18.6. The lowest BCUT2D eigenvalue weighted by Gasteiger charge is -2.41. The van der Waals surface area contributed by atoms with Crippen molar-refractivity contribution in [1.29, 1.82) is 0 Å². The van der Waals surface area contributed by atoms with Crippen LogP contribution in [0.5, 0.6) is 0 Å². The second kappa shape index (κ2) is 32.7. The number of alkyl halides is 3. The van der Waals surface area contributed by atoms with Gasteiger partial charge in [-0.1, -0.05) is 41.4 Å². The van der Waals surface area contributed by atoms with Gasteiger partial charge in [0.25, 0.3) is 30.1 Å². The summed E-state index contributed by atoms with van der Waals surface area (Å²) < 4.78 is 132. The van der Waals surface area contributed by atoms with Crippen LogP contribution in [0.25, 0.3) is 32.7 Å². The largest absolute Gasteiger partial charge is 0.416 e. The van der Waals surface area contributed by atoms with Crippen molar-refractivity contribution in [3.63, 3.8) is 0 Å². The van der Waals surface area contributed by atoms with Crippen LogP contribution in [-0.2, 0) is 57.2 Å². The third kappa shape index (κ3) is 17.6. The molecule has 26 nitrogen and oxygen atoms in total. The summed E-state index contributed by atoms with van der Waals surface area (Å²) in [6.45, 7) is 14.2. The van der Waals surface area contributed by atoms with Gasteiger partial charge in [0.15, 0.2) is 5.13 Å². The first kappa shape index (κ1) is 77.8. The Bertz CT molecular complexity index is 5670. The van der Waals surface area contributed by atoms with Gasteiger partial charge in [0.05, 0.1) is 30.8 Å². The molecule has 9 heterocycles. The van der Waals surface area contributed by atoms with Crippen molar-refractivity contribution in [2.24, 2.45) is 0 Å². The van der Waals surface area contributed by atoms with Gasteiger partial charge in [0.2, 0.25) is 22.9 Å². The van der Waals surface area contributed by atoms with E-state index in [1.807, 2.05) is 83.8 Å². The lowest BCUT2D eigenvalue weighted by Crippen LogP contribution is -2.54. The average Bonchev–Trinajstić information content (AvgIpc) is 1.66. The summed E-state index contributed by atoms with van der Waals surface area (Å²) >= 11 is 14.7. The van der Waals surface area contributed by atoms with Gasteiger partial charge >= 0.3 is 6.18 Å². The van der Waals surface area contributed by atoms with Gasteiger partial charge in [-0.25, -0.2) is 45.2 Å². The molecule has 110 heavy (non-hydrogen) atoms. The van der Waals surface area contributed by atoms with Crippen LogP contribution >= 0.6 is 46.1 Å². The highest BCUT2D eigenvalue weighted by atomic mass is 35.5. The Morgan fingerprint density at radius 3 is 1.73 bits per heavy atom. The highest BCUT2D eigenvalue weighted by molar-refractivity contribution is 7.93. The first-order chi connectivity index (χ1) is 52.6. The maximum Gasteiger partial charge on any atom is 0.416 e. The zero-order valence-electron chi connectivity index (χ0n) is 59.6. The van der Waals surface area contributed by atoms with Crippen molar-refractivity contribution < 1.29 is 59.9 Å². The van der Waals surface area contributed by atoms with Crippen LogP contribution in [0.3, 0.4) is 0 Å². The fourth-order valence-electron chi connectivity index (χ4n) is 13.7. The third-order valence-corrected chi connectivity index (χ3v) is 25.5. The van der Waals surface area contributed by atoms with E-state index in [0.717, 1.165) is 68.2 Å². The van der Waals surface area contributed by atoms with Gasteiger partial charge in [-0.3, -0.25) is 28.5 Å². The molecule has 3 fully saturated rings. The number of aromatic nitrogens is 8. The molecule has 12 aromatic rings. The number of sulfonamides is 3. The first-order valence-electron chi connectivity index (χ1n) is 34.7. The molecule has 3 N–H and O–H groups in total. The Kier molecular flexibility index (Phi) is 23.1. The van der Waals surface area contributed by atoms with E-state index in [2.05, 4.69) is 63.8 Å². The van der Waals surface area contributed by atoms with Gasteiger partial charge in [-0.15, -0.1) is 11.3 Å². The van der Waals surface area contributed by atoms with E-state index in [-0.39, 0.29) is 74.3 Å². The second-order valence-electron chi connectivity index (χ2n) is 26.3. The van der Waals surface area contributed by atoms with Crippen molar-refractivity contribution in [3.8, 4) is 0 Å². The standard InChI is InChI=1S/C26H27ClN6O3S.C25H24F3N5O3S2.C23H23ClN6O3S2.5H2/c1-18-15-20-16-21(27)3-8-24(20)33(18)19(2)26(34)32-13-11-31(12-14-32)22-4-6-23(7-5-22)37(35,36)30-25-9-10-28-17-29-25;1-17(33-10-8-18-2-3-19(16-22(18)33)25(26,27)28)23(34)32-13-11-31(12-14-32)20-4-6-21(7-5-20)38(35,36)30-24-29-9-15-37-24;1-16-13-28(18-5-7-19(8-6-18)35(32,33)27-23-25-15-26-34-23)11-12-30(16)21(31)14-29-10-9-17-3-2-4-20(24)22(17)29;;;;;/h3-10,15-17,19H,11-14H2,1-2H3,(H,28,29,30);2-10,15-17H,11-14H2,1H3,(H,29,30);2-10,15-16H,11-14H2,1H3,(H,25,26,27);5*1H/t;17-;16-;;;;;/m.00...../s1. The molecule has 6 aromatic carbocycles. The van der Waals surface area contributed by atoms with Crippen LogP contribution in [0.4, 0.5) is 46.3 Å². The molecule has 3 amide bonds. The number of nitrogens with one attached hydrogen (secondary N) is 3. The van der Waals surface area contributed by atoms with E-state index < -0.39 is 47.9 Å². The van der Waals surface area contributed by atoms with Crippen LogP contribution in [0.1, 0.15) is 51.2 Å². The molecule has 0 bridgehead atoms. The number of nitrogens with zero attached hydrogens (tertiary/aromatic N) is 14. The summed E-state index contributed by atoms with van der Waals surface area (Å²) in [4.78, 5) is 67.5. The van der Waals surface area contributed by atoms with Crippen LogP contribution in [-0.4, -0.2) is 174 Å². The summed E-state index contributed by atoms with van der Waals surface area (Å²) in [5.41, 5.74) is 5.12. The Balaban J connectivity index is 0.000000211. The molecule has 3 aliphatic rings. The number of piperazine rings is 3. The number of anilines is 6. The van der Waals surface area contributed by atoms with E-state index >= 15 is 0 Å². The summed E-state index contributed by atoms with van der Waals surface area (Å²) in [5.74, 6) is 0.154. The number of halogens is 5.